The van der Waals surface area contributed by atoms with Crippen molar-refractivity contribution in [3.05, 3.63) is 28.2 Å². The van der Waals surface area contributed by atoms with Crippen molar-refractivity contribution >= 4 is 31.6 Å². The maximum absolute atomic E-state index is 12.0. The third-order valence-corrected chi connectivity index (χ3v) is 4.25. The first-order valence-electron chi connectivity index (χ1n) is 5.83. The van der Waals surface area contributed by atoms with E-state index in [1.807, 2.05) is 26.8 Å². The van der Waals surface area contributed by atoms with Gasteiger partial charge in [-0.15, -0.1) is 0 Å². The average molecular weight is 345 g/mol. The lowest BCUT2D eigenvalue weighted by molar-refractivity contribution is 0.397. The normalized spacial score (nSPS) is 11.9. The Morgan fingerprint density at radius 3 is 2.53 bits per heavy atom. The van der Waals surface area contributed by atoms with Crippen LogP contribution in [0.3, 0.4) is 0 Å². The molecule has 1 aromatic carbocycles. The van der Waals surface area contributed by atoms with Crippen molar-refractivity contribution in [2.24, 2.45) is 5.41 Å². The molecular weight excluding hydrogens is 328 g/mol. The van der Waals surface area contributed by atoms with Gasteiger partial charge in [0.05, 0.1) is 17.0 Å². The van der Waals surface area contributed by atoms with Crippen LogP contribution >= 0.6 is 15.9 Å². The maximum atomic E-state index is 12.0. The Morgan fingerprint density at radius 2 is 2.00 bits per heavy atom. The summed E-state index contributed by atoms with van der Waals surface area (Å²) >= 11 is 3.26. The van der Waals surface area contributed by atoms with Crippen LogP contribution < -0.4 is 4.72 Å². The molecule has 0 aliphatic rings. The zero-order chi connectivity index (χ0) is 14.7. The predicted octanol–water partition coefficient (Wildman–Crippen LogP) is 3.50. The molecule has 19 heavy (non-hydrogen) atoms. The van der Waals surface area contributed by atoms with Crippen molar-refractivity contribution in [2.45, 2.75) is 27.2 Å². The summed E-state index contributed by atoms with van der Waals surface area (Å²) in [6, 6.07) is 6.84. The Bertz CT molecular complexity index is 598. The number of nitriles is 1. The van der Waals surface area contributed by atoms with Gasteiger partial charge in [0.25, 0.3) is 0 Å². The third kappa shape index (κ3) is 5.62. The van der Waals surface area contributed by atoms with Crippen LogP contribution in [0.25, 0.3) is 0 Å². The summed E-state index contributed by atoms with van der Waals surface area (Å²) in [5.41, 5.74) is 0.567. The summed E-state index contributed by atoms with van der Waals surface area (Å²) in [6.07, 6.45) is 0.554. The molecule has 4 nitrogen and oxygen atoms in total. The van der Waals surface area contributed by atoms with E-state index in [4.69, 9.17) is 5.26 Å². The van der Waals surface area contributed by atoms with Crippen molar-refractivity contribution in [3.63, 3.8) is 0 Å². The van der Waals surface area contributed by atoms with Crippen molar-refractivity contribution in [1.82, 2.24) is 0 Å². The Balaban J connectivity index is 2.90. The molecule has 6 heteroatoms. The SMILES string of the molecule is CC(C)(C)CCS(=O)(=O)Nc1cc(Br)ccc1C#N. The van der Waals surface area contributed by atoms with E-state index in [1.165, 1.54) is 0 Å². The van der Waals surface area contributed by atoms with E-state index in [-0.39, 0.29) is 11.2 Å². The molecule has 0 bridgehead atoms. The Kier molecular flexibility index (Phi) is 4.99. The van der Waals surface area contributed by atoms with Crippen molar-refractivity contribution < 1.29 is 8.42 Å². The monoisotopic (exact) mass is 344 g/mol. The number of anilines is 1. The number of sulfonamides is 1. The molecule has 0 aliphatic heterocycles. The van der Waals surface area contributed by atoms with Gasteiger partial charge in [0.1, 0.15) is 6.07 Å². The van der Waals surface area contributed by atoms with Crippen molar-refractivity contribution in [1.29, 1.82) is 5.26 Å². The minimum atomic E-state index is -3.44. The van der Waals surface area contributed by atoms with E-state index in [1.54, 1.807) is 18.2 Å². The van der Waals surface area contributed by atoms with Crippen molar-refractivity contribution in [2.75, 3.05) is 10.5 Å². The van der Waals surface area contributed by atoms with Gasteiger partial charge in [0.15, 0.2) is 0 Å². The average Bonchev–Trinajstić information content (AvgIpc) is 2.26. The molecule has 0 saturated carbocycles. The van der Waals surface area contributed by atoms with Crippen LogP contribution in [0.1, 0.15) is 32.8 Å². The second-order valence-electron chi connectivity index (χ2n) is 5.53. The summed E-state index contributed by atoms with van der Waals surface area (Å²) in [4.78, 5) is 0. The molecule has 0 unspecified atom stereocenters. The molecule has 0 saturated heterocycles. The van der Waals surface area contributed by atoms with Crippen LogP contribution in [0, 0.1) is 16.7 Å². The minimum Gasteiger partial charge on any atom is -0.282 e. The van der Waals surface area contributed by atoms with E-state index in [9.17, 15) is 8.42 Å². The highest BCUT2D eigenvalue weighted by atomic mass is 79.9. The summed E-state index contributed by atoms with van der Waals surface area (Å²) in [5.74, 6) is 0.0356. The summed E-state index contributed by atoms with van der Waals surface area (Å²) < 4.78 is 27.2. The zero-order valence-corrected chi connectivity index (χ0v) is 13.6. The molecule has 104 valence electrons. The number of rotatable bonds is 4. The number of benzene rings is 1. The maximum Gasteiger partial charge on any atom is 0.232 e. The largest absolute Gasteiger partial charge is 0.282 e. The zero-order valence-electron chi connectivity index (χ0n) is 11.2. The first-order valence-corrected chi connectivity index (χ1v) is 8.28. The lowest BCUT2D eigenvalue weighted by atomic mass is 9.94. The van der Waals surface area contributed by atoms with Gasteiger partial charge < -0.3 is 0 Å². The molecule has 0 atom stereocenters. The van der Waals surface area contributed by atoms with Gasteiger partial charge in [-0.05, 0) is 30.0 Å². The Morgan fingerprint density at radius 1 is 1.37 bits per heavy atom. The predicted molar refractivity (Wildman–Crippen MR) is 80.3 cm³/mol. The third-order valence-electron chi connectivity index (χ3n) is 2.49. The second-order valence-corrected chi connectivity index (χ2v) is 8.29. The van der Waals surface area contributed by atoms with E-state index >= 15 is 0 Å². The van der Waals surface area contributed by atoms with Crippen LogP contribution in [0.2, 0.25) is 0 Å². The Labute approximate surface area is 123 Å². The summed E-state index contributed by atoms with van der Waals surface area (Å²) in [5, 5.41) is 8.97. The lowest BCUT2D eigenvalue weighted by Gasteiger charge is -2.18. The first-order chi connectivity index (χ1) is 8.63. The first kappa shape index (κ1) is 16.0. The fraction of sp³-hybridized carbons (Fsp3) is 0.462. The highest BCUT2D eigenvalue weighted by Crippen LogP contribution is 2.24. The van der Waals surface area contributed by atoms with Crippen LogP contribution in [-0.4, -0.2) is 14.2 Å². The van der Waals surface area contributed by atoms with Crippen LogP contribution in [-0.2, 0) is 10.0 Å². The van der Waals surface area contributed by atoms with Gasteiger partial charge >= 0.3 is 0 Å². The minimum absolute atomic E-state index is 0.0356. The number of hydrogen-bond acceptors (Lipinski definition) is 3. The number of nitrogens with zero attached hydrogens (tertiary/aromatic N) is 1. The molecule has 0 amide bonds. The van der Waals surface area contributed by atoms with Gasteiger partial charge in [-0.1, -0.05) is 36.7 Å². The smallest absolute Gasteiger partial charge is 0.232 e. The molecule has 0 fully saturated rings. The molecular formula is C13H17BrN2O2S. The number of nitrogens with one attached hydrogen (secondary N) is 1. The topological polar surface area (TPSA) is 70.0 Å². The second kappa shape index (κ2) is 5.93. The van der Waals surface area contributed by atoms with Gasteiger partial charge in [0.2, 0.25) is 10.0 Å². The highest BCUT2D eigenvalue weighted by Gasteiger charge is 2.18. The molecule has 0 spiro atoms. The highest BCUT2D eigenvalue weighted by molar-refractivity contribution is 9.10. The van der Waals surface area contributed by atoms with Crippen LogP contribution in [0.15, 0.2) is 22.7 Å². The lowest BCUT2D eigenvalue weighted by Crippen LogP contribution is -2.21. The van der Waals surface area contributed by atoms with E-state index in [2.05, 4.69) is 20.7 Å². The molecule has 1 aromatic rings. The molecule has 0 aliphatic carbocycles. The fourth-order valence-electron chi connectivity index (χ4n) is 1.36. The van der Waals surface area contributed by atoms with Gasteiger partial charge in [-0.25, -0.2) is 8.42 Å². The van der Waals surface area contributed by atoms with Crippen LogP contribution in [0.4, 0.5) is 5.69 Å². The molecule has 1 N–H and O–H groups in total. The standard InChI is InChI=1S/C13H17BrN2O2S/c1-13(2,3)6-7-19(17,18)16-12-8-11(14)5-4-10(12)9-15/h4-5,8,16H,6-7H2,1-3H3. The van der Waals surface area contributed by atoms with E-state index < -0.39 is 10.0 Å². The summed E-state index contributed by atoms with van der Waals surface area (Å²) in [7, 11) is -3.44. The van der Waals surface area contributed by atoms with E-state index in [0.717, 1.165) is 4.47 Å². The van der Waals surface area contributed by atoms with Gasteiger partial charge in [-0.2, -0.15) is 5.26 Å². The number of hydrogen-bond donors (Lipinski definition) is 1. The van der Waals surface area contributed by atoms with E-state index in [0.29, 0.717) is 17.7 Å². The Hall–Kier alpha value is -1.06. The fourth-order valence-corrected chi connectivity index (χ4v) is 3.21. The summed E-state index contributed by atoms with van der Waals surface area (Å²) in [6.45, 7) is 5.97. The number of halogens is 1. The molecule has 1 rings (SSSR count). The molecule has 0 radical (unpaired) electrons. The molecule has 0 heterocycles. The molecule has 0 aromatic heterocycles. The quantitative estimate of drug-likeness (QED) is 0.908. The van der Waals surface area contributed by atoms with Crippen molar-refractivity contribution in [3.8, 4) is 6.07 Å². The van der Waals surface area contributed by atoms with Crippen LogP contribution in [0.5, 0.6) is 0 Å². The van der Waals surface area contributed by atoms with Gasteiger partial charge in [-0.3, -0.25) is 4.72 Å². The van der Waals surface area contributed by atoms with Gasteiger partial charge in [0, 0.05) is 4.47 Å².